The summed E-state index contributed by atoms with van der Waals surface area (Å²) < 4.78 is 22.7. The quantitative estimate of drug-likeness (QED) is 0.831. The highest BCUT2D eigenvalue weighted by molar-refractivity contribution is 7.90. The predicted molar refractivity (Wildman–Crippen MR) is 77.4 cm³/mol. The van der Waals surface area contributed by atoms with Crippen LogP contribution in [0.3, 0.4) is 0 Å². The number of amides is 1. The number of aliphatic hydroxyl groups excluding tert-OH is 1. The molecule has 0 spiro atoms. The number of benzene rings is 1. The number of sulfone groups is 1. The Labute approximate surface area is 119 Å². The lowest BCUT2D eigenvalue weighted by atomic mass is 9.93. The highest BCUT2D eigenvalue weighted by Gasteiger charge is 2.27. The first-order valence-electron chi connectivity index (χ1n) is 6.51. The fourth-order valence-electron chi connectivity index (χ4n) is 1.86. The topological polar surface area (TPSA) is 83.5 Å². The van der Waals surface area contributed by atoms with E-state index in [0.717, 1.165) is 6.26 Å². The van der Waals surface area contributed by atoms with Crippen molar-refractivity contribution in [2.75, 3.05) is 12.9 Å². The van der Waals surface area contributed by atoms with Crippen LogP contribution >= 0.6 is 0 Å². The number of nitrogens with one attached hydrogen (secondary N) is 1. The van der Waals surface area contributed by atoms with Crippen LogP contribution in [0.4, 0.5) is 0 Å². The van der Waals surface area contributed by atoms with E-state index in [9.17, 15) is 18.3 Å². The smallest absolute Gasteiger partial charge is 0.251 e. The highest BCUT2D eigenvalue weighted by Crippen LogP contribution is 2.16. The van der Waals surface area contributed by atoms with Crippen LogP contribution in [-0.4, -0.2) is 37.8 Å². The van der Waals surface area contributed by atoms with Gasteiger partial charge in [0.25, 0.3) is 5.91 Å². The fraction of sp³-hybridized carbons (Fsp3) is 0.500. The van der Waals surface area contributed by atoms with Crippen molar-refractivity contribution < 1.29 is 18.3 Å². The Bertz CT molecular complexity index is 551. The molecule has 0 aliphatic carbocycles. The molecule has 1 rings (SSSR count). The van der Waals surface area contributed by atoms with Crippen LogP contribution in [0.25, 0.3) is 0 Å². The lowest BCUT2D eigenvalue weighted by Gasteiger charge is -2.30. The predicted octanol–water partition coefficient (Wildman–Crippen LogP) is 1.37. The second-order valence-electron chi connectivity index (χ2n) is 4.90. The van der Waals surface area contributed by atoms with Gasteiger partial charge in [-0.3, -0.25) is 4.79 Å². The summed E-state index contributed by atoms with van der Waals surface area (Å²) in [4.78, 5) is 12.3. The maximum absolute atomic E-state index is 12.1. The van der Waals surface area contributed by atoms with Gasteiger partial charge in [0, 0.05) is 11.8 Å². The van der Waals surface area contributed by atoms with E-state index in [1.165, 1.54) is 24.3 Å². The molecule has 0 fully saturated rings. The number of aliphatic hydroxyl groups is 1. The van der Waals surface area contributed by atoms with E-state index in [0.29, 0.717) is 18.4 Å². The second kappa shape index (κ2) is 6.37. The molecule has 0 unspecified atom stereocenters. The Hall–Kier alpha value is -1.40. The molecule has 2 N–H and O–H groups in total. The summed E-state index contributed by atoms with van der Waals surface area (Å²) in [5.41, 5.74) is -0.260. The van der Waals surface area contributed by atoms with Gasteiger partial charge in [0.05, 0.1) is 17.0 Å². The summed E-state index contributed by atoms with van der Waals surface area (Å²) in [6.45, 7) is 3.66. The first kappa shape index (κ1) is 16.7. The van der Waals surface area contributed by atoms with Gasteiger partial charge in [-0.1, -0.05) is 13.8 Å². The number of carbonyl (C=O) groups is 1. The molecule has 0 aliphatic rings. The summed E-state index contributed by atoms with van der Waals surface area (Å²) >= 11 is 0. The van der Waals surface area contributed by atoms with Gasteiger partial charge in [0.1, 0.15) is 0 Å². The van der Waals surface area contributed by atoms with Gasteiger partial charge in [-0.25, -0.2) is 8.42 Å². The SMILES string of the molecule is CCC(CC)(CO)NC(=O)c1ccc(S(C)(=O)=O)cc1. The maximum atomic E-state index is 12.1. The zero-order valence-electron chi connectivity index (χ0n) is 12.0. The van der Waals surface area contributed by atoms with Crippen molar-refractivity contribution in [1.82, 2.24) is 5.32 Å². The molecule has 0 aliphatic heterocycles. The molecule has 1 aromatic rings. The van der Waals surface area contributed by atoms with E-state index in [4.69, 9.17) is 0 Å². The zero-order valence-corrected chi connectivity index (χ0v) is 12.8. The van der Waals surface area contributed by atoms with Crippen molar-refractivity contribution >= 4 is 15.7 Å². The number of rotatable bonds is 6. The highest BCUT2D eigenvalue weighted by atomic mass is 32.2. The average molecular weight is 299 g/mol. The number of hydrogen-bond acceptors (Lipinski definition) is 4. The molecule has 0 saturated carbocycles. The molecule has 20 heavy (non-hydrogen) atoms. The van der Waals surface area contributed by atoms with Crippen molar-refractivity contribution in [2.24, 2.45) is 0 Å². The minimum atomic E-state index is -3.27. The summed E-state index contributed by atoms with van der Waals surface area (Å²) in [6, 6.07) is 5.75. The normalized spacial score (nSPS) is 12.2. The summed E-state index contributed by atoms with van der Waals surface area (Å²) in [7, 11) is -3.27. The molecule has 0 aromatic heterocycles. The van der Waals surface area contributed by atoms with Crippen molar-refractivity contribution in [1.29, 1.82) is 0 Å². The van der Waals surface area contributed by atoms with Gasteiger partial charge in [-0.05, 0) is 37.1 Å². The molecule has 0 radical (unpaired) electrons. The standard InChI is InChI=1S/C14H21NO4S/c1-4-14(5-2,10-16)15-13(17)11-6-8-12(9-7-11)20(3,18)19/h6-9,16H,4-5,10H2,1-3H3,(H,15,17). The van der Waals surface area contributed by atoms with E-state index >= 15 is 0 Å². The van der Waals surface area contributed by atoms with Gasteiger partial charge in [-0.15, -0.1) is 0 Å². The van der Waals surface area contributed by atoms with Crippen LogP contribution in [0.15, 0.2) is 29.2 Å². The zero-order chi connectivity index (χ0) is 15.4. The lowest BCUT2D eigenvalue weighted by Crippen LogP contribution is -2.50. The Morgan fingerprint density at radius 2 is 1.70 bits per heavy atom. The molecule has 1 amide bonds. The Morgan fingerprint density at radius 3 is 2.05 bits per heavy atom. The molecule has 1 aromatic carbocycles. The van der Waals surface area contributed by atoms with Gasteiger partial charge in [-0.2, -0.15) is 0 Å². The third kappa shape index (κ3) is 3.80. The molecule has 0 bridgehead atoms. The average Bonchev–Trinajstić information content (AvgIpc) is 2.44. The number of hydrogen-bond donors (Lipinski definition) is 2. The van der Waals surface area contributed by atoms with E-state index < -0.39 is 15.4 Å². The third-order valence-electron chi connectivity index (χ3n) is 3.58. The van der Waals surface area contributed by atoms with Crippen LogP contribution in [0.2, 0.25) is 0 Å². The minimum Gasteiger partial charge on any atom is -0.394 e. The van der Waals surface area contributed by atoms with E-state index in [1.54, 1.807) is 0 Å². The van der Waals surface area contributed by atoms with E-state index in [2.05, 4.69) is 5.32 Å². The molecule has 6 heteroatoms. The third-order valence-corrected chi connectivity index (χ3v) is 4.71. The number of carbonyl (C=O) groups excluding carboxylic acids is 1. The summed E-state index contributed by atoms with van der Waals surface area (Å²) in [5, 5.41) is 12.2. The summed E-state index contributed by atoms with van der Waals surface area (Å²) in [6.07, 6.45) is 2.35. The second-order valence-corrected chi connectivity index (χ2v) is 6.91. The van der Waals surface area contributed by atoms with Gasteiger partial charge < -0.3 is 10.4 Å². The minimum absolute atomic E-state index is 0.132. The Kier molecular flexibility index (Phi) is 5.30. The van der Waals surface area contributed by atoms with Gasteiger partial charge in [0.2, 0.25) is 0 Å². The molecule has 0 heterocycles. The van der Waals surface area contributed by atoms with Crippen LogP contribution in [0, 0.1) is 0 Å². The molecule has 112 valence electrons. The molecular formula is C14H21NO4S. The summed E-state index contributed by atoms with van der Waals surface area (Å²) in [5.74, 6) is -0.317. The Morgan fingerprint density at radius 1 is 1.20 bits per heavy atom. The maximum Gasteiger partial charge on any atom is 0.251 e. The lowest BCUT2D eigenvalue weighted by molar-refractivity contribution is 0.0817. The monoisotopic (exact) mass is 299 g/mol. The van der Waals surface area contributed by atoms with Crippen molar-refractivity contribution in [3.8, 4) is 0 Å². The van der Waals surface area contributed by atoms with Crippen LogP contribution in [0.1, 0.15) is 37.0 Å². The molecule has 0 saturated heterocycles. The first-order valence-corrected chi connectivity index (χ1v) is 8.40. The molecule has 0 atom stereocenters. The fourth-order valence-corrected chi connectivity index (χ4v) is 2.49. The first-order chi connectivity index (χ1) is 9.28. The van der Waals surface area contributed by atoms with Crippen molar-refractivity contribution in [3.05, 3.63) is 29.8 Å². The Balaban J connectivity index is 2.94. The molecular weight excluding hydrogens is 278 g/mol. The van der Waals surface area contributed by atoms with Crippen LogP contribution < -0.4 is 5.32 Å². The van der Waals surface area contributed by atoms with Crippen molar-refractivity contribution in [3.63, 3.8) is 0 Å². The van der Waals surface area contributed by atoms with E-state index in [-0.39, 0.29) is 17.4 Å². The largest absolute Gasteiger partial charge is 0.394 e. The van der Waals surface area contributed by atoms with E-state index in [1.807, 2.05) is 13.8 Å². The van der Waals surface area contributed by atoms with Gasteiger partial charge in [0.15, 0.2) is 9.84 Å². The molecule has 5 nitrogen and oxygen atoms in total. The van der Waals surface area contributed by atoms with Crippen LogP contribution in [-0.2, 0) is 9.84 Å². The van der Waals surface area contributed by atoms with Crippen molar-refractivity contribution in [2.45, 2.75) is 37.1 Å². The van der Waals surface area contributed by atoms with Gasteiger partial charge >= 0.3 is 0 Å². The van der Waals surface area contributed by atoms with Crippen LogP contribution in [0.5, 0.6) is 0 Å².